The van der Waals surface area contributed by atoms with E-state index in [0.29, 0.717) is 5.89 Å². The fraction of sp³-hybridized carbons (Fsp3) is 0.385. The molecule has 0 amide bonds. The summed E-state index contributed by atoms with van der Waals surface area (Å²) in [7, 11) is 0. The Hall–Kier alpha value is -1.84. The van der Waals surface area contributed by atoms with Crippen LogP contribution in [0.2, 0.25) is 0 Å². The normalized spacial score (nSPS) is 12.5. The highest BCUT2D eigenvalue weighted by Gasteiger charge is 2.11. The zero-order chi connectivity index (χ0) is 12.4. The van der Waals surface area contributed by atoms with E-state index in [4.69, 9.17) is 4.42 Å². The van der Waals surface area contributed by atoms with Crippen molar-refractivity contribution in [3.05, 3.63) is 41.4 Å². The minimum Gasteiger partial charge on any atom is -0.444 e. The van der Waals surface area contributed by atoms with Crippen LogP contribution in [0.4, 0.5) is 5.69 Å². The number of hydrogen-bond donors (Lipinski definition) is 1. The van der Waals surface area contributed by atoms with Crippen LogP contribution < -0.4 is 5.32 Å². The van der Waals surface area contributed by atoms with Gasteiger partial charge < -0.3 is 9.73 Å². The van der Waals surface area contributed by atoms with Gasteiger partial charge in [0.2, 0.25) is 5.89 Å². The van der Waals surface area contributed by atoms with E-state index in [-0.39, 0.29) is 6.04 Å². The number of aryl methyl sites for hydroxylation is 3. The lowest BCUT2D eigenvalue weighted by atomic mass is 10.2. The minimum absolute atomic E-state index is 0.0462. The molecule has 4 nitrogen and oxygen atoms in total. The van der Waals surface area contributed by atoms with Crippen molar-refractivity contribution in [3.63, 3.8) is 0 Å². The molecule has 1 N–H and O–H groups in total. The van der Waals surface area contributed by atoms with E-state index in [1.807, 2.05) is 39.8 Å². The van der Waals surface area contributed by atoms with Gasteiger partial charge >= 0.3 is 0 Å². The molecule has 0 spiro atoms. The molecule has 2 aromatic heterocycles. The van der Waals surface area contributed by atoms with E-state index >= 15 is 0 Å². The standard InChI is InChI=1S/C13H17N3O/c1-8-5-12(6-9(2)15-8)16-11(4)13-14-7-10(3)17-13/h5-7,11H,1-4H3,(H,15,16). The second-order valence-corrected chi connectivity index (χ2v) is 4.31. The monoisotopic (exact) mass is 231 g/mol. The van der Waals surface area contributed by atoms with Gasteiger partial charge in [0.15, 0.2) is 0 Å². The lowest BCUT2D eigenvalue weighted by Gasteiger charge is -2.12. The maximum Gasteiger partial charge on any atom is 0.216 e. The van der Waals surface area contributed by atoms with Crippen molar-refractivity contribution in [2.24, 2.45) is 0 Å². The van der Waals surface area contributed by atoms with Crippen molar-refractivity contribution >= 4 is 5.69 Å². The molecule has 0 radical (unpaired) electrons. The molecule has 4 heteroatoms. The topological polar surface area (TPSA) is 51.0 Å². The summed E-state index contributed by atoms with van der Waals surface area (Å²) in [5.41, 5.74) is 3.05. The third kappa shape index (κ3) is 2.84. The number of oxazole rings is 1. The number of nitrogens with one attached hydrogen (secondary N) is 1. The van der Waals surface area contributed by atoms with Gasteiger partial charge in [-0.3, -0.25) is 4.98 Å². The number of pyridine rings is 1. The van der Waals surface area contributed by atoms with Gasteiger partial charge in [-0.15, -0.1) is 0 Å². The Balaban J connectivity index is 2.15. The first-order chi connectivity index (χ1) is 8.04. The van der Waals surface area contributed by atoms with Crippen LogP contribution >= 0.6 is 0 Å². The van der Waals surface area contributed by atoms with Crippen molar-refractivity contribution < 1.29 is 4.42 Å². The molecule has 17 heavy (non-hydrogen) atoms. The Kier molecular flexibility index (Phi) is 3.13. The van der Waals surface area contributed by atoms with Gasteiger partial charge in [-0.2, -0.15) is 0 Å². The number of hydrogen-bond acceptors (Lipinski definition) is 4. The maximum atomic E-state index is 5.49. The lowest BCUT2D eigenvalue weighted by molar-refractivity contribution is 0.453. The molecule has 90 valence electrons. The van der Waals surface area contributed by atoms with E-state index in [1.165, 1.54) is 0 Å². The summed E-state index contributed by atoms with van der Waals surface area (Å²) in [6, 6.07) is 4.07. The van der Waals surface area contributed by atoms with E-state index < -0.39 is 0 Å². The zero-order valence-corrected chi connectivity index (χ0v) is 10.6. The van der Waals surface area contributed by atoms with Crippen molar-refractivity contribution in [1.29, 1.82) is 0 Å². The second-order valence-electron chi connectivity index (χ2n) is 4.31. The van der Waals surface area contributed by atoms with E-state index in [9.17, 15) is 0 Å². The van der Waals surface area contributed by atoms with Gasteiger partial charge in [-0.25, -0.2) is 4.98 Å². The molecule has 0 saturated heterocycles. The Morgan fingerprint density at radius 3 is 2.35 bits per heavy atom. The summed E-state index contributed by atoms with van der Waals surface area (Å²) in [6.07, 6.45) is 1.73. The van der Waals surface area contributed by atoms with Crippen molar-refractivity contribution in [2.45, 2.75) is 33.7 Å². The smallest absolute Gasteiger partial charge is 0.216 e. The molecule has 1 unspecified atom stereocenters. The van der Waals surface area contributed by atoms with Gasteiger partial charge in [-0.05, 0) is 39.8 Å². The zero-order valence-electron chi connectivity index (χ0n) is 10.6. The Morgan fingerprint density at radius 2 is 1.82 bits per heavy atom. The number of anilines is 1. The highest BCUT2D eigenvalue weighted by Crippen LogP contribution is 2.19. The minimum atomic E-state index is 0.0462. The van der Waals surface area contributed by atoms with Crippen LogP contribution in [-0.2, 0) is 0 Å². The molecule has 2 aromatic rings. The number of nitrogens with zero attached hydrogens (tertiary/aromatic N) is 2. The molecule has 0 aliphatic rings. The first kappa shape index (κ1) is 11.6. The van der Waals surface area contributed by atoms with Crippen LogP contribution in [0.5, 0.6) is 0 Å². The Labute approximate surface area is 101 Å². The largest absolute Gasteiger partial charge is 0.444 e. The molecular formula is C13H17N3O. The summed E-state index contributed by atoms with van der Waals surface area (Å²) in [5, 5.41) is 3.36. The predicted molar refractivity (Wildman–Crippen MR) is 67.0 cm³/mol. The van der Waals surface area contributed by atoms with Crippen molar-refractivity contribution in [2.75, 3.05) is 5.32 Å². The van der Waals surface area contributed by atoms with Crippen molar-refractivity contribution in [3.8, 4) is 0 Å². The maximum absolute atomic E-state index is 5.49. The Bertz CT molecular complexity index is 499. The van der Waals surface area contributed by atoms with Gasteiger partial charge in [0.05, 0.1) is 6.20 Å². The van der Waals surface area contributed by atoms with Crippen LogP contribution in [0.15, 0.2) is 22.7 Å². The van der Waals surface area contributed by atoms with Crippen LogP contribution in [-0.4, -0.2) is 9.97 Å². The van der Waals surface area contributed by atoms with E-state index in [1.54, 1.807) is 6.20 Å². The molecule has 0 aliphatic carbocycles. The lowest BCUT2D eigenvalue weighted by Crippen LogP contribution is -2.07. The molecule has 0 fully saturated rings. The molecule has 0 saturated carbocycles. The summed E-state index contributed by atoms with van der Waals surface area (Å²) in [4.78, 5) is 8.55. The summed E-state index contributed by atoms with van der Waals surface area (Å²) < 4.78 is 5.49. The molecular weight excluding hydrogens is 214 g/mol. The summed E-state index contributed by atoms with van der Waals surface area (Å²) >= 11 is 0. The van der Waals surface area contributed by atoms with Crippen LogP contribution in [0.25, 0.3) is 0 Å². The highest BCUT2D eigenvalue weighted by atomic mass is 16.4. The molecule has 2 heterocycles. The van der Waals surface area contributed by atoms with Gasteiger partial charge in [0.25, 0.3) is 0 Å². The van der Waals surface area contributed by atoms with Crippen LogP contribution in [0.3, 0.4) is 0 Å². The molecule has 0 aliphatic heterocycles. The Morgan fingerprint density at radius 1 is 1.18 bits per heavy atom. The molecule has 2 rings (SSSR count). The molecule has 0 aromatic carbocycles. The fourth-order valence-electron chi connectivity index (χ4n) is 1.80. The van der Waals surface area contributed by atoms with Gasteiger partial charge in [0.1, 0.15) is 11.8 Å². The van der Waals surface area contributed by atoms with Crippen molar-refractivity contribution in [1.82, 2.24) is 9.97 Å². The van der Waals surface area contributed by atoms with Gasteiger partial charge in [0, 0.05) is 17.1 Å². The average molecular weight is 231 g/mol. The van der Waals surface area contributed by atoms with Gasteiger partial charge in [-0.1, -0.05) is 0 Å². The van der Waals surface area contributed by atoms with E-state index in [0.717, 1.165) is 22.8 Å². The highest BCUT2D eigenvalue weighted by molar-refractivity contribution is 5.46. The quantitative estimate of drug-likeness (QED) is 0.881. The number of rotatable bonds is 3. The summed E-state index contributed by atoms with van der Waals surface area (Å²) in [5.74, 6) is 1.53. The first-order valence-corrected chi connectivity index (χ1v) is 5.69. The molecule has 0 bridgehead atoms. The average Bonchev–Trinajstić information content (AvgIpc) is 2.63. The van der Waals surface area contributed by atoms with Crippen LogP contribution in [0.1, 0.15) is 36.0 Å². The molecule has 1 atom stereocenters. The third-order valence-corrected chi connectivity index (χ3v) is 2.47. The third-order valence-electron chi connectivity index (χ3n) is 2.47. The summed E-state index contributed by atoms with van der Waals surface area (Å²) in [6.45, 7) is 7.89. The SMILES string of the molecule is Cc1cc(NC(C)c2ncc(C)o2)cc(C)n1. The number of aromatic nitrogens is 2. The van der Waals surface area contributed by atoms with Crippen LogP contribution in [0, 0.1) is 20.8 Å². The van der Waals surface area contributed by atoms with E-state index in [2.05, 4.69) is 15.3 Å². The second kappa shape index (κ2) is 4.57. The first-order valence-electron chi connectivity index (χ1n) is 5.69. The fourth-order valence-corrected chi connectivity index (χ4v) is 1.80. The predicted octanol–water partition coefficient (Wildman–Crippen LogP) is 3.17.